The van der Waals surface area contributed by atoms with Gasteiger partial charge in [0.15, 0.2) is 0 Å². The third-order valence-electron chi connectivity index (χ3n) is 4.90. The van der Waals surface area contributed by atoms with E-state index in [4.69, 9.17) is 0 Å². The van der Waals surface area contributed by atoms with Crippen LogP contribution in [0.3, 0.4) is 0 Å². The quantitative estimate of drug-likeness (QED) is 0.493. The summed E-state index contributed by atoms with van der Waals surface area (Å²) in [5.41, 5.74) is 10.0. The van der Waals surface area contributed by atoms with Crippen LogP contribution < -0.4 is 24.8 Å². The molecule has 1 aliphatic heterocycles. The second-order valence-corrected chi connectivity index (χ2v) is 7.92. The molecule has 0 radical (unpaired) electrons. The van der Waals surface area contributed by atoms with Crippen molar-refractivity contribution >= 4 is 0 Å². The summed E-state index contributed by atoms with van der Waals surface area (Å²) >= 11 is -0.00426. The van der Waals surface area contributed by atoms with Gasteiger partial charge < -0.3 is 24.8 Å². The zero-order valence-corrected chi connectivity index (χ0v) is 15.2. The molecule has 4 bridgehead atoms. The average molecular weight is 331 g/mol. The largest absolute Gasteiger partial charge is 1.00 e. The number of allylic oxidation sites excluding steroid dienone is 8. The Labute approximate surface area is 138 Å². The van der Waals surface area contributed by atoms with Gasteiger partial charge in [-0.25, -0.2) is 0 Å². The summed E-state index contributed by atoms with van der Waals surface area (Å²) in [5, 5.41) is 0. The molecule has 1 heterocycles. The van der Waals surface area contributed by atoms with E-state index in [9.17, 15) is 0 Å². The second kappa shape index (κ2) is 6.35. The van der Waals surface area contributed by atoms with Crippen LogP contribution in [0.5, 0.6) is 0 Å². The van der Waals surface area contributed by atoms with E-state index in [1.807, 2.05) is 7.76 Å². The molecule has 0 amide bonds. The van der Waals surface area contributed by atoms with Crippen molar-refractivity contribution in [2.45, 2.75) is 53.4 Å². The third-order valence-corrected chi connectivity index (χ3v) is 7.57. The minimum absolute atomic E-state index is 0. The van der Waals surface area contributed by atoms with Gasteiger partial charge in [-0.2, -0.15) is 0 Å². The Morgan fingerprint density at radius 2 is 1.00 bits per heavy atom. The zero-order chi connectivity index (χ0) is 12.2. The SMILES string of the molecule is CC1=C2CCC3=C(C)C(C)=[C](C3)[Ti+2][C](=C1C)C2.[Cl-].[Cl-]. The molecule has 2 aliphatic carbocycles. The minimum Gasteiger partial charge on any atom is -1.00 e. The number of rotatable bonds is 0. The van der Waals surface area contributed by atoms with E-state index in [1.54, 1.807) is 33.4 Å². The van der Waals surface area contributed by atoms with Crippen molar-refractivity contribution in [3.8, 4) is 0 Å². The molecule has 1 saturated heterocycles. The summed E-state index contributed by atoms with van der Waals surface area (Å²) in [7, 11) is 0. The third kappa shape index (κ3) is 2.83. The molecule has 0 N–H and O–H groups in total. The van der Waals surface area contributed by atoms with Crippen molar-refractivity contribution in [2.75, 3.05) is 0 Å². The first-order valence-electron chi connectivity index (χ1n) is 6.62. The van der Waals surface area contributed by atoms with E-state index in [2.05, 4.69) is 27.7 Å². The van der Waals surface area contributed by atoms with E-state index in [0.717, 1.165) is 0 Å². The second-order valence-electron chi connectivity index (χ2n) is 5.64. The van der Waals surface area contributed by atoms with Crippen LogP contribution in [-0.2, 0) is 19.2 Å². The zero-order valence-electron chi connectivity index (χ0n) is 12.1. The molecule has 102 valence electrons. The van der Waals surface area contributed by atoms with Gasteiger partial charge in [-0.1, -0.05) is 0 Å². The first-order chi connectivity index (χ1) is 8.08. The van der Waals surface area contributed by atoms with Crippen LogP contribution >= 0.6 is 0 Å². The van der Waals surface area contributed by atoms with Crippen LogP contribution in [-0.4, -0.2) is 0 Å². The van der Waals surface area contributed by atoms with Crippen molar-refractivity contribution in [1.29, 1.82) is 0 Å². The fourth-order valence-corrected chi connectivity index (χ4v) is 5.93. The average Bonchev–Trinajstić information content (AvgIpc) is 2.76. The molecule has 3 aliphatic rings. The molecular weight excluding hydrogens is 311 g/mol. The van der Waals surface area contributed by atoms with E-state index in [0.29, 0.717) is 0 Å². The van der Waals surface area contributed by atoms with Gasteiger partial charge in [-0.05, 0) is 0 Å². The Balaban J connectivity index is 0.000000902. The fraction of sp³-hybridized carbons (Fsp3) is 0.500. The Morgan fingerprint density at radius 1 is 0.632 bits per heavy atom. The molecule has 3 rings (SSSR count). The molecular formula is C16H20Cl2Ti. The smallest absolute Gasteiger partial charge is 1.00 e. The predicted octanol–water partition coefficient (Wildman–Crippen LogP) is -1.14. The molecule has 0 aromatic rings. The topological polar surface area (TPSA) is 0 Å². The molecule has 0 saturated carbocycles. The summed E-state index contributed by atoms with van der Waals surface area (Å²) in [5.74, 6) is 0. The molecule has 0 aromatic heterocycles. The Hall–Kier alpha value is 0.254. The molecule has 0 unspecified atom stereocenters. The number of hydrogen-bond acceptors (Lipinski definition) is 0. The van der Waals surface area contributed by atoms with Crippen molar-refractivity contribution in [2.24, 2.45) is 0 Å². The molecule has 0 aromatic carbocycles. The number of fused-ring (bicyclic) bond motifs is 4. The van der Waals surface area contributed by atoms with Gasteiger partial charge in [0.25, 0.3) is 0 Å². The minimum atomic E-state index is -0.00426. The monoisotopic (exact) mass is 330 g/mol. The standard InChI is InChI=1S/C16H20.2ClH.Ti/c1-11-5-7-15(13(11)3)9-10-16-8-6-12(2)14(16)4;;;/h7-10H2,1-4H3;2*1H;/q;;;+2/p-2. The predicted molar refractivity (Wildman–Crippen MR) is 69.3 cm³/mol. The molecule has 1 fully saturated rings. The Bertz CT molecular complexity index is 485. The fourth-order valence-electron chi connectivity index (χ4n) is 3.25. The first kappa shape index (κ1) is 17.3. The first-order valence-corrected chi connectivity index (χ1v) is 8.18. The van der Waals surface area contributed by atoms with Gasteiger partial charge in [0.2, 0.25) is 0 Å². The van der Waals surface area contributed by atoms with Crippen molar-refractivity contribution in [3.63, 3.8) is 0 Å². The van der Waals surface area contributed by atoms with E-state index in [1.165, 1.54) is 25.7 Å². The van der Waals surface area contributed by atoms with E-state index in [-0.39, 0.29) is 44.0 Å². The summed E-state index contributed by atoms with van der Waals surface area (Å²) in [6.07, 6.45) is 5.26. The van der Waals surface area contributed by atoms with Crippen LogP contribution in [0.2, 0.25) is 0 Å². The van der Waals surface area contributed by atoms with Crippen molar-refractivity contribution in [3.05, 3.63) is 41.2 Å². The van der Waals surface area contributed by atoms with E-state index >= 15 is 0 Å². The maximum absolute atomic E-state index is 2.36. The molecule has 3 heteroatoms. The maximum Gasteiger partial charge on any atom is -1.00 e. The Kier molecular flexibility index (Phi) is 5.78. The molecule has 19 heavy (non-hydrogen) atoms. The summed E-state index contributed by atoms with van der Waals surface area (Å²) < 4.78 is 3.64. The van der Waals surface area contributed by atoms with Gasteiger partial charge in [-0.3, -0.25) is 0 Å². The van der Waals surface area contributed by atoms with Crippen molar-refractivity contribution in [1.82, 2.24) is 0 Å². The van der Waals surface area contributed by atoms with Crippen LogP contribution in [0.25, 0.3) is 0 Å². The number of halogens is 2. The van der Waals surface area contributed by atoms with Gasteiger partial charge in [0.05, 0.1) is 0 Å². The van der Waals surface area contributed by atoms with Crippen molar-refractivity contribution < 1.29 is 44.0 Å². The van der Waals surface area contributed by atoms with Crippen LogP contribution in [0.1, 0.15) is 53.4 Å². The van der Waals surface area contributed by atoms with Gasteiger partial charge in [0.1, 0.15) is 0 Å². The van der Waals surface area contributed by atoms with Gasteiger partial charge >= 0.3 is 114 Å². The maximum atomic E-state index is 2.36. The van der Waals surface area contributed by atoms with Crippen LogP contribution in [0, 0.1) is 0 Å². The van der Waals surface area contributed by atoms with Gasteiger partial charge in [0, 0.05) is 0 Å². The van der Waals surface area contributed by atoms with Crippen LogP contribution in [0.15, 0.2) is 41.2 Å². The molecule has 0 nitrogen and oxygen atoms in total. The van der Waals surface area contributed by atoms with Crippen LogP contribution in [0.4, 0.5) is 0 Å². The molecule has 0 spiro atoms. The molecule has 0 atom stereocenters. The normalized spacial score (nSPS) is 21.3. The summed E-state index contributed by atoms with van der Waals surface area (Å²) in [6.45, 7) is 9.40. The number of hydrogen-bond donors (Lipinski definition) is 0. The Morgan fingerprint density at radius 3 is 1.37 bits per heavy atom. The summed E-state index contributed by atoms with van der Waals surface area (Å²) in [6, 6.07) is 0. The summed E-state index contributed by atoms with van der Waals surface area (Å²) in [4.78, 5) is 0. The van der Waals surface area contributed by atoms with Gasteiger partial charge in [-0.15, -0.1) is 0 Å². The van der Waals surface area contributed by atoms with E-state index < -0.39 is 0 Å².